The number of nitrogens with one attached hydrogen (secondary N) is 1. The molecule has 168 valence electrons. The monoisotopic (exact) mass is 508 g/mol. The number of esters is 1. The molecule has 0 bridgehead atoms. The van der Waals surface area contributed by atoms with E-state index in [4.69, 9.17) is 14.2 Å². The highest BCUT2D eigenvalue weighted by Crippen LogP contribution is 2.25. The summed E-state index contributed by atoms with van der Waals surface area (Å²) in [6.45, 7) is -0.248. The lowest BCUT2D eigenvalue weighted by atomic mass is 10.2. The van der Waals surface area contributed by atoms with Gasteiger partial charge in [-0.25, -0.2) is 10.2 Å². The van der Waals surface area contributed by atoms with Crippen molar-refractivity contribution in [2.45, 2.75) is 0 Å². The summed E-state index contributed by atoms with van der Waals surface area (Å²) in [7, 11) is 1.52. The average Bonchev–Trinajstić information content (AvgIpc) is 2.84. The third kappa shape index (κ3) is 7.62. The summed E-state index contributed by atoms with van der Waals surface area (Å²) in [6, 6.07) is 21.5. The maximum absolute atomic E-state index is 12.2. The molecule has 0 aromatic heterocycles. The van der Waals surface area contributed by atoms with Crippen LogP contribution >= 0.6 is 15.9 Å². The number of ether oxygens (including phenoxy) is 3. The Kier molecular flexibility index (Phi) is 8.79. The van der Waals surface area contributed by atoms with Crippen LogP contribution in [-0.2, 0) is 9.59 Å². The molecule has 0 aliphatic heterocycles. The smallest absolute Gasteiger partial charge is 0.336 e. The minimum absolute atomic E-state index is 0.248. The van der Waals surface area contributed by atoms with E-state index in [0.29, 0.717) is 22.8 Å². The normalized spacial score (nSPS) is 10.8. The molecule has 0 saturated heterocycles. The van der Waals surface area contributed by atoms with Crippen LogP contribution in [0.15, 0.2) is 88.4 Å². The average molecular weight is 509 g/mol. The van der Waals surface area contributed by atoms with Gasteiger partial charge in [0.25, 0.3) is 5.91 Å². The summed E-state index contributed by atoms with van der Waals surface area (Å²) < 4.78 is 16.8. The maximum atomic E-state index is 12.2. The molecular weight excluding hydrogens is 488 g/mol. The zero-order chi connectivity index (χ0) is 23.5. The number of nitrogens with zero attached hydrogens (tertiary/aromatic N) is 1. The van der Waals surface area contributed by atoms with Crippen molar-refractivity contribution in [1.29, 1.82) is 0 Å². The molecule has 8 heteroatoms. The third-order valence-electron chi connectivity index (χ3n) is 4.21. The summed E-state index contributed by atoms with van der Waals surface area (Å²) in [6.07, 6.45) is 4.39. The number of halogens is 1. The summed E-state index contributed by atoms with van der Waals surface area (Å²) in [5.74, 6) is 0.269. The lowest BCUT2D eigenvalue weighted by molar-refractivity contribution is -0.129. The Hall–Kier alpha value is -3.91. The summed E-state index contributed by atoms with van der Waals surface area (Å²) in [4.78, 5) is 24.3. The molecule has 0 aliphatic rings. The van der Waals surface area contributed by atoms with Crippen LogP contribution in [0.3, 0.4) is 0 Å². The lowest BCUT2D eigenvalue weighted by Gasteiger charge is -2.09. The van der Waals surface area contributed by atoms with Gasteiger partial charge in [0.05, 0.1) is 13.3 Å². The van der Waals surface area contributed by atoms with E-state index >= 15 is 0 Å². The van der Waals surface area contributed by atoms with Crippen molar-refractivity contribution >= 4 is 40.1 Å². The van der Waals surface area contributed by atoms with Crippen LogP contribution in [-0.4, -0.2) is 31.8 Å². The maximum Gasteiger partial charge on any atom is 0.336 e. The number of para-hydroxylation sites is 2. The summed E-state index contributed by atoms with van der Waals surface area (Å²) >= 11 is 3.37. The fourth-order valence-corrected chi connectivity index (χ4v) is 3.05. The molecular formula is C25H21BrN2O5. The molecule has 1 N–H and O–H groups in total. The first-order valence-corrected chi connectivity index (χ1v) is 10.7. The number of hydrazone groups is 1. The number of carbonyl (C=O) groups is 2. The Morgan fingerprint density at radius 3 is 2.45 bits per heavy atom. The van der Waals surface area contributed by atoms with Gasteiger partial charge in [-0.1, -0.05) is 58.4 Å². The predicted molar refractivity (Wildman–Crippen MR) is 129 cm³/mol. The number of methoxy groups -OCH3 is 1. The van der Waals surface area contributed by atoms with E-state index < -0.39 is 11.9 Å². The van der Waals surface area contributed by atoms with E-state index in [0.717, 1.165) is 10.0 Å². The molecule has 0 spiro atoms. The zero-order valence-corrected chi connectivity index (χ0v) is 19.3. The van der Waals surface area contributed by atoms with Crippen molar-refractivity contribution < 1.29 is 23.8 Å². The van der Waals surface area contributed by atoms with Gasteiger partial charge in [0, 0.05) is 16.1 Å². The standard InChI is InChI=1S/C25H21BrN2O5/c1-31-22-9-5-6-10-23(22)32-17-24(29)28-27-16-19-15-20(26)12-13-21(19)33-25(30)14-11-18-7-3-2-4-8-18/h2-16H,17H2,1H3,(H,28,29)/b14-11+,27-16+. The lowest BCUT2D eigenvalue weighted by Crippen LogP contribution is -2.24. The Morgan fingerprint density at radius 1 is 0.970 bits per heavy atom. The second-order valence-corrected chi connectivity index (χ2v) is 7.50. The van der Waals surface area contributed by atoms with Gasteiger partial charge in [0.2, 0.25) is 0 Å². The molecule has 1 amide bonds. The minimum atomic E-state index is -0.537. The van der Waals surface area contributed by atoms with E-state index in [1.807, 2.05) is 30.3 Å². The molecule has 0 atom stereocenters. The summed E-state index contributed by atoms with van der Waals surface area (Å²) in [5.41, 5.74) is 3.76. The van der Waals surface area contributed by atoms with E-state index in [-0.39, 0.29) is 6.61 Å². The van der Waals surface area contributed by atoms with Crippen LogP contribution < -0.4 is 19.6 Å². The van der Waals surface area contributed by atoms with Crippen LogP contribution in [0.25, 0.3) is 6.08 Å². The van der Waals surface area contributed by atoms with Crippen molar-refractivity contribution in [2.24, 2.45) is 5.10 Å². The van der Waals surface area contributed by atoms with Gasteiger partial charge in [-0.05, 0) is 42.0 Å². The SMILES string of the molecule is COc1ccccc1OCC(=O)N/N=C/c1cc(Br)ccc1OC(=O)/C=C/c1ccccc1. The molecule has 0 radical (unpaired) electrons. The van der Waals surface area contributed by atoms with Crippen LogP contribution in [0.5, 0.6) is 17.2 Å². The first-order valence-electron chi connectivity index (χ1n) is 9.87. The van der Waals surface area contributed by atoms with Crippen molar-refractivity contribution in [2.75, 3.05) is 13.7 Å². The van der Waals surface area contributed by atoms with Gasteiger partial charge in [-0.15, -0.1) is 0 Å². The minimum Gasteiger partial charge on any atom is -0.493 e. The molecule has 33 heavy (non-hydrogen) atoms. The van der Waals surface area contributed by atoms with E-state index in [1.54, 1.807) is 48.5 Å². The molecule has 0 saturated carbocycles. The van der Waals surface area contributed by atoms with Crippen LogP contribution in [0.4, 0.5) is 0 Å². The second-order valence-electron chi connectivity index (χ2n) is 6.58. The third-order valence-corrected chi connectivity index (χ3v) is 4.71. The number of hydrogen-bond donors (Lipinski definition) is 1. The number of amides is 1. The predicted octanol–water partition coefficient (Wildman–Crippen LogP) is 4.61. The van der Waals surface area contributed by atoms with E-state index in [9.17, 15) is 9.59 Å². The number of benzene rings is 3. The van der Waals surface area contributed by atoms with Crippen molar-refractivity contribution in [3.05, 3.63) is 94.5 Å². The Bertz CT molecular complexity index is 1160. The van der Waals surface area contributed by atoms with Gasteiger partial charge < -0.3 is 14.2 Å². The number of rotatable bonds is 9. The van der Waals surface area contributed by atoms with Crippen molar-refractivity contribution in [3.8, 4) is 17.2 Å². The molecule has 3 aromatic rings. The largest absolute Gasteiger partial charge is 0.493 e. The molecule has 7 nitrogen and oxygen atoms in total. The highest BCUT2D eigenvalue weighted by Gasteiger charge is 2.08. The Labute approximate surface area is 199 Å². The first kappa shape index (κ1) is 23.7. The molecule has 3 rings (SSSR count). The van der Waals surface area contributed by atoms with Crippen LogP contribution in [0, 0.1) is 0 Å². The molecule has 0 heterocycles. The molecule has 0 unspecified atom stereocenters. The highest BCUT2D eigenvalue weighted by molar-refractivity contribution is 9.10. The molecule has 0 fully saturated rings. The van der Waals surface area contributed by atoms with Gasteiger partial charge in [-0.3, -0.25) is 4.79 Å². The van der Waals surface area contributed by atoms with Gasteiger partial charge in [0.15, 0.2) is 18.1 Å². The molecule has 0 aliphatic carbocycles. The second kappa shape index (κ2) is 12.2. The quantitative estimate of drug-likeness (QED) is 0.150. The summed E-state index contributed by atoms with van der Waals surface area (Å²) in [5, 5.41) is 3.93. The van der Waals surface area contributed by atoms with Crippen LogP contribution in [0.1, 0.15) is 11.1 Å². The van der Waals surface area contributed by atoms with E-state index in [2.05, 4.69) is 26.5 Å². The van der Waals surface area contributed by atoms with Crippen molar-refractivity contribution in [1.82, 2.24) is 5.43 Å². The zero-order valence-electron chi connectivity index (χ0n) is 17.7. The Balaban J connectivity index is 1.58. The van der Waals surface area contributed by atoms with E-state index in [1.165, 1.54) is 19.4 Å². The first-order chi connectivity index (χ1) is 16.0. The topological polar surface area (TPSA) is 86.2 Å². The van der Waals surface area contributed by atoms with Gasteiger partial charge >= 0.3 is 5.97 Å². The van der Waals surface area contributed by atoms with Gasteiger partial charge in [-0.2, -0.15) is 5.10 Å². The van der Waals surface area contributed by atoms with Gasteiger partial charge in [0.1, 0.15) is 5.75 Å². The van der Waals surface area contributed by atoms with Crippen molar-refractivity contribution in [3.63, 3.8) is 0 Å². The van der Waals surface area contributed by atoms with Crippen LogP contribution in [0.2, 0.25) is 0 Å². The molecule has 3 aromatic carbocycles. The number of hydrogen-bond acceptors (Lipinski definition) is 6. The number of carbonyl (C=O) groups excluding carboxylic acids is 2. The fraction of sp³-hybridized carbons (Fsp3) is 0.0800. The Morgan fingerprint density at radius 2 is 1.70 bits per heavy atom. The fourth-order valence-electron chi connectivity index (χ4n) is 2.67. The highest BCUT2D eigenvalue weighted by atomic mass is 79.9.